The van der Waals surface area contributed by atoms with Gasteiger partial charge in [-0.3, -0.25) is 10.1 Å². The molecular weight excluding hydrogens is 381 g/mol. The van der Waals surface area contributed by atoms with Gasteiger partial charge in [0, 0.05) is 35.1 Å². The lowest BCUT2D eigenvalue weighted by atomic mass is 10.1. The molecule has 0 saturated carbocycles. The molecule has 0 aromatic carbocycles. The highest BCUT2D eigenvalue weighted by atomic mass is 19.1. The molecule has 0 fully saturated rings. The molecule has 0 saturated heterocycles. The summed E-state index contributed by atoms with van der Waals surface area (Å²) in [5.41, 5.74) is 5.71. The Labute approximate surface area is 173 Å². The fraction of sp³-hybridized carbons (Fsp3) is 0.364. The normalized spacial score (nSPS) is 16.6. The average molecular weight is 405 g/mol. The molecule has 30 heavy (non-hydrogen) atoms. The molecule has 0 radical (unpaired) electrons. The summed E-state index contributed by atoms with van der Waals surface area (Å²) in [5, 5.41) is 15.6. The standard InChI is InChI=1S/C22H24FN7/c1-13(2)18-12-26-30-21(27-17-4-3-14-10-25-29-19(14)6-5-17)8-20(28-22(18)30)15-7-16(23)11-24-9-15/h7-13,17,27H,3-6H2,1-2H3,(H,25,29)/t17-/m1/s1. The van der Waals surface area contributed by atoms with Gasteiger partial charge in [-0.05, 0) is 43.2 Å². The van der Waals surface area contributed by atoms with Crippen molar-refractivity contribution in [3.63, 3.8) is 0 Å². The molecule has 5 rings (SSSR count). The van der Waals surface area contributed by atoms with Crippen LogP contribution in [0.15, 0.2) is 36.9 Å². The Morgan fingerprint density at radius 1 is 1.13 bits per heavy atom. The van der Waals surface area contributed by atoms with Crippen LogP contribution in [-0.4, -0.2) is 35.8 Å². The van der Waals surface area contributed by atoms with E-state index in [2.05, 4.69) is 39.4 Å². The highest BCUT2D eigenvalue weighted by Gasteiger charge is 2.20. The van der Waals surface area contributed by atoms with Crippen LogP contribution in [0.1, 0.15) is 49.4 Å². The molecule has 0 aliphatic heterocycles. The number of hydrogen-bond donors (Lipinski definition) is 2. The number of hydrogen-bond acceptors (Lipinski definition) is 5. The molecule has 1 aliphatic carbocycles. The van der Waals surface area contributed by atoms with E-state index in [1.165, 1.54) is 23.5 Å². The van der Waals surface area contributed by atoms with Gasteiger partial charge in [0.25, 0.3) is 0 Å². The third-order valence-electron chi connectivity index (χ3n) is 5.79. The number of H-pyrrole nitrogens is 1. The molecule has 8 heteroatoms. The summed E-state index contributed by atoms with van der Waals surface area (Å²) >= 11 is 0. The zero-order valence-electron chi connectivity index (χ0n) is 17.1. The number of aromatic nitrogens is 6. The first-order chi connectivity index (χ1) is 14.6. The van der Waals surface area contributed by atoms with E-state index in [0.29, 0.717) is 17.3 Å². The van der Waals surface area contributed by atoms with Crippen molar-refractivity contribution >= 4 is 11.5 Å². The first-order valence-corrected chi connectivity index (χ1v) is 10.4. The van der Waals surface area contributed by atoms with Gasteiger partial charge in [0.15, 0.2) is 5.65 Å². The summed E-state index contributed by atoms with van der Waals surface area (Å²) in [6, 6.07) is 3.69. The molecule has 4 aromatic rings. The number of aromatic amines is 1. The van der Waals surface area contributed by atoms with Gasteiger partial charge in [-0.1, -0.05) is 13.8 Å². The second kappa shape index (κ2) is 7.51. The maximum Gasteiger partial charge on any atom is 0.161 e. The summed E-state index contributed by atoms with van der Waals surface area (Å²) in [6.45, 7) is 4.24. The summed E-state index contributed by atoms with van der Waals surface area (Å²) in [4.78, 5) is 8.80. The number of anilines is 1. The van der Waals surface area contributed by atoms with Crippen molar-refractivity contribution in [2.45, 2.75) is 51.5 Å². The quantitative estimate of drug-likeness (QED) is 0.499. The minimum absolute atomic E-state index is 0.277. The van der Waals surface area contributed by atoms with Crippen LogP contribution in [0.2, 0.25) is 0 Å². The SMILES string of the molecule is CC(C)c1cnn2c(N[C@@H]3CCc4cn[nH]c4CC3)cc(-c3cncc(F)c3)nc12. The lowest BCUT2D eigenvalue weighted by Gasteiger charge is -2.19. The third kappa shape index (κ3) is 3.42. The molecule has 1 aliphatic rings. The highest BCUT2D eigenvalue weighted by molar-refractivity contribution is 5.67. The Bertz CT molecular complexity index is 1170. The number of nitrogens with one attached hydrogen (secondary N) is 2. The maximum atomic E-state index is 13.8. The fourth-order valence-electron chi connectivity index (χ4n) is 4.11. The predicted molar refractivity (Wildman–Crippen MR) is 113 cm³/mol. The first-order valence-electron chi connectivity index (χ1n) is 10.4. The van der Waals surface area contributed by atoms with Gasteiger partial charge < -0.3 is 5.32 Å². The second-order valence-corrected chi connectivity index (χ2v) is 8.20. The lowest BCUT2D eigenvalue weighted by Crippen LogP contribution is -2.22. The van der Waals surface area contributed by atoms with Crippen LogP contribution in [0, 0.1) is 5.82 Å². The summed E-state index contributed by atoms with van der Waals surface area (Å²) in [6.07, 6.45) is 10.6. The summed E-state index contributed by atoms with van der Waals surface area (Å²) in [7, 11) is 0. The van der Waals surface area contributed by atoms with Crippen molar-refractivity contribution in [2.24, 2.45) is 0 Å². The number of fused-ring (bicyclic) bond motifs is 2. The van der Waals surface area contributed by atoms with Crippen molar-refractivity contribution in [3.05, 3.63) is 59.6 Å². The Morgan fingerprint density at radius 3 is 2.83 bits per heavy atom. The van der Waals surface area contributed by atoms with Crippen LogP contribution in [0.5, 0.6) is 0 Å². The van der Waals surface area contributed by atoms with E-state index in [4.69, 9.17) is 4.98 Å². The molecule has 0 spiro atoms. The molecule has 154 valence electrons. The van der Waals surface area contributed by atoms with Gasteiger partial charge in [-0.25, -0.2) is 9.37 Å². The van der Waals surface area contributed by atoms with Gasteiger partial charge in [-0.15, -0.1) is 0 Å². The Hall–Kier alpha value is -3.29. The van der Waals surface area contributed by atoms with Crippen molar-refractivity contribution in [1.82, 2.24) is 29.8 Å². The van der Waals surface area contributed by atoms with Gasteiger partial charge in [0.2, 0.25) is 0 Å². The van der Waals surface area contributed by atoms with Gasteiger partial charge >= 0.3 is 0 Å². The van der Waals surface area contributed by atoms with E-state index in [-0.39, 0.29) is 11.7 Å². The Morgan fingerprint density at radius 2 is 2.00 bits per heavy atom. The molecule has 4 aromatic heterocycles. The van der Waals surface area contributed by atoms with Crippen LogP contribution in [-0.2, 0) is 12.8 Å². The monoisotopic (exact) mass is 405 g/mol. The smallest absolute Gasteiger partial charge is 0.161 e. The van der Waals surface area contributed by atoms with Crippen LogP contribution in [0.3, 0.4) is 0 Å². The number of halogens is 1. The van der Waals surface area contributed by atoms with Gasteiger partial charge in [-0.2, -0.15) is 14.7 Å². The lowest BCUT2D eigenvalue weighted by molar-refractivity contribution is 0.616. The Kier molecular flexibility index (Phi) is 4.69. The van der Waals surface area contributed by atoms with E-state index < -0.39 is 0 Å². The molecule has 2 N–H and O–H groups in total. The maximum absolute atomic E-state index is 13.8. The highest BCUT2D eigenvalue weighted by Crippen LogP contribution is 2.28. The average Bonchev–Trinajstić information content (AvgIpc) is 3.32. The van der Waals surface area contributed by atoms with E-state index in [0.717, 1.165) is 42.7 Å². The fourth-order valence-corrected chi connectivity index (χ4v) is 4.11. The van der Waals surface area contributed by atoms with E-state index in [9.17, 15) is 4.39 Å². The van der Waals surface area contributed by atoms with Crippen molar-refractivity contribution in [3.8, 4) is 11.3 Å². The molecule has 0 unspecified atom stereocenters. The van der Waals surface area contributed by atoms with Gasteiger partial charge in [0.1, 0.15) is 11.6 Å². The van der Waals surface area contributed by atoms with Crippen LogP contribution in [0.4, 0.5) is 10.2 Å². The third-order valence-corrected chi connectivity index (χ3v) is 5.79. The number of nitrogens with zero attached hydrogens (tertiary/aromatic N) is 5. The number of aryl methyl sites for hydroxylation is 2. The molecule has 0 bridgehead atoms. The summed E-state index contributed by atoms with van der Waals surface area (Å²) < 4.78 is 15.7. The zero-order chi connectivity index (χ0) is 20.7. The molecule has 7 nitrogen and oxygen atoms in total. The molecule has 4 heterocycles. The van der Waals surface area contributed by atoms with Crippen molar-refractivity contribution < 1.29 is 4.39 Å². The Balaban J connectivity index is 1.54. The predicted octanol–water partition coefficient (Wildman–Crippen LogP) is 4.14. The molecular formula is C22H24FN7. The van der Waals surface area contributed by atoms with E-state index >= 15 is 0 Å². The second-order valence-electron chi connectivity index (χ2n) is 8.20. The molecule has 0 amide bonds. The zero-order valence-corrected chi connectivity index (χ0v) is 17.1. The number of pyridine rings is 1. The first kappa shape index (κ1) is 18.7. The largest absolute Gasteiger partial charge is 0.367 e. The van der Waals surface area contributed by atoms with Crippen LogP contribution in [0.25, 0.3) is 16.9 Å². The minimum Gasteiger partial charge on any atom is -0.367 e. The van der Waals surface area contributed by atoms with Crippen molar-refractivity contribution in [2.75, 3.05) is 5.32 Å². The topological polar surface area (TPSA) is 83.8 Å². The van der Waals surface area contributed by atoms with E-state index in [1.54, 1.807) is 6.20 Å². The van der Waals surface area contributed by atoms with Crippen LogP contribution >= 0.6 is 0 Å². The van der Waals surface area contributed by atoms with Crippen LogP contribution < -0.4 is 5.32 Å². The van der Waals surface area contributed by atoms with Gasteiger partial charge in [0.05, 0.1) is 24.3 Å². The molecule has 1 atom stereocenters. The van der Waals surface area contributed by atoms with E-state index in [1.807, 2.05) is 23.0 Å². The summed E-state index contributed by atoms with van der Waals surface area (Å²) in [5.74, 6) is 0.763. The van der Waals surface area contributed by atoms with Crippen molar-refractivity contribution in [1.29, 1.82) is 0 Å². The number of rotatable bonds is 4. The minimum atomic E-state index is -0.375.